The lowest BCUT2D eigenvalue weighted by molar-refractivity contribution is 0.0369. The van der Waals surface area contributed by atoms with Gasteiger partial charge >= 0.3 is 6.09 Å². The van der Waals surface area contributed by atoms with Gasteiger partial charge in [0.25, 0.3) is 5.56 Å². The number of rotatable bonds is 6. The average molecular weight is 536 g/mol. The highest BCUT2D eigenvalue weighted by atomic mass is 16.7. The van der Waals surface area contributed by atoms with E-state index >= 15 is 0 Å². The predicted octanol–water partition coefficient (Wildman–Crippen LogP) is 2.73. The molecule has 1 fully saturated rings. The molecule has 0 bridgehead atoms. The molecule has 1 amide bonds. The number of hydrogen-bond acceptors (Lipinski definition) is 9. The van der Waals surface area contributed by atoms with Gasteiger partial charge in [-0.05, 0) is 30.7 Å². The molecule has 0 atom stereocenters. The maximum atomic E-state index is 14.1. The number of amides is 1. The van der Waals surface area contributed by atoms with E-state index in [4.69, 9.17) is 23.7 Å². The van der Waals surface area contributed by atoms with E-state index in [0.29, 0.717) is 65.4 Å². The SMILES string of the molecule is COc1cc2c3c(n(CCCN4CCOCC4)c(=O)c2cc1OC(=O)N(C)C)-c1cc2c(cc1C3=O)OCO2. The third-order valence-corrected chi connectivity index (χ3v) is 7.32. The maximum Gasteiger partial charge on any atom is 0.414 e. The van der Waals surface area contributed by atoms with E-state index in [1.807, 2.05) is 0 Å². The van der Waals surface area contributed by atoms with Gasteiger partial charge < -0.3 is 33.2 Å². The summed E-state index contributed by atoms with van der Waals surface area (Å²) in [5, 5.41) is 0.702. The fourth-order valence-electron chi connectivity index (χ4n) is 5.34. The first-order valence-corrected chi connectivity index (χ1v) is 12.8. The van der Waals surface area contributed by atoms with Crippen molar-refractivity contribution in [1.29, 1.82) is 0 Å². The first-order chi connectivity index (χ1) is 18.9. The molecule has 0 spiro atoms. The Balaban J connectivity index is 1.51. The van der Waals surface area contributed by atoms with E-state index in [-0.39, 0.29) is 35.0 Å². The summed E-state index contributed by atoms with van der Waals surface area (Å²) in [6.45, 7) is 4.33. The molecule has 2 aliphatic heterocycles. The van der Waals surface area contributed by atoms with Crippen LogP contribution in [0.2, 0.25) is 0 Å². The number of morpholine rings is 1. The number of pyridine rings is 1. The van der Waals surface area contributed by atoms with Crippen molar-refractivity contribution in [2.24, 2.45) is 0 Å². The van der Waals surface area contributed by atoms with Crippen molar-refractivity contribution in [3.05, 3.63) is 45.7 Å². The summed E-state index contributed by atoms with van der Waals surface area (Å²) in [5.74, 6) is 1.15. The van der Waals surface area contributed by atoms with Gasteiger partial charge in [0.05, 0.1) is 37.0 Å². The van der Waals surface area contributed by atoms with Crippen molar-refractivity contribution in [1.82, 2.24) is 14.4 Å². The van der Waals surface area contributed by atoms with E-state index in [1.54, 1.807) is 36.9 Å². The minimum absolute atomic E-state index is 0.0784. The molecule has 0 radical (unpaired) electrons. The van der Waals surface area contributed by atoms with Crippen LogP contribution in [0.3, 0.4) is 0 Å². The van der Waals surface area contributed by atoms with E-state index in [9.17, 15) is 14.4 Å². The van der Waals surface area contributed by atoms with Gasteiger partial charge in [-0.2, -0.15) is 0 Å². The Labute approximate surface area is 224 Å². The number of fused-ring (bicyclic) bond motifs is 6. The molecule has 0 N–H and O–H groups in total. The highest BCUT2D eigenvalue weighted by Gasteiger charge is 2.36. The van der Waals surface area contributed by atoms with Crippen molar-refractivity contribution >= 4 is 22.6 Å². The van der Waals surface area contributed by atoms with Gasteiger partial charge in [0, 0.05) is 56.8 Å². The molecule has 6 rings (SSSR count). The third-order valence-electron chi connectivity index (χ3n) is 7.32. The van der Waals surface area contributed by atoms with Crippen molar-refractivity contribution < 1.29 is 33.3 Å². The number of methoxy groups -OCH3 is 1. The van der Waals surface area contributed by atoms with Crippen LogP contribution in [0, 0.1) is 0 Å². The molecular weight excluding hydrogens is 506 g/mol. The molecule has 3 aromatic rings. The van der Waals surface area contributed by atoms with E-state index in [0.717, 1.165) is 19.6 Å². The summed E-state index contributed by atoms with van der Waals surface area (Å²) in [7, 11) is 4.56. The molecule has 1 aliphatic carbocycles. The van der Waals surface area contributed by atoms with Crippen LogP contribution in [0.15, 0.2) is 29.1 Å². The van der Waals surface area contributed by atoms with Gasteiger partial charge in [-0.15, -0.1) is 0 Å². The number of nitrogens with zero attached hydrogens (tertiary/aromatic N) is 3. The Morgan fingerprint density at radius 2 is 1.64 bits per heavy atom. The summed E-state index contributed by atoms with van der Waals surface area (Å²) in [6, 6.07) is 6.53. The Bertz CT molecular complexity index is 1560. The predicted molar refractivity (Wildman–Crippen MR) is 141 cm³/mol. The van der Waals surface area contributed by atoms with Crippen molar-refractivity contribution in [2.45, 2.75) is 13.0 Å². The normalized spacial score (nSPS) is 15.8. The summed E-state index contributed by atoms with van der Waals surface area (Å²) >= 11 is 0. The number of benzene rings is 2. The van der Waals surface area contributed by atoms with Crippen LogP contribution < -0.4 is 24.5 Å². The average Bonchev–Trinajstić information content (AvgIpc) is 3.51. The lowest BCUT2D eigenvalue weighted by atomic mass is 10.0. The van der Waals surface area contributed by atoms with E-state index in [1.165, 1.54) is 18.1 Å². The van der Waals surface area contributed by atoms with Gasteiger partial charge in [-0.3, -0.25) is 14.5 Å². The van der Waals surface area contributed by atoms with Crippen molar-refractivity contribution in [3.63, 3.8) is 0 Å². The number of carbonyl (C=O) groups is 2. The molecule has 2 aromatic carbocycles. The van der Waals surface area contributed by atoms with Gasteiger partial charge in [0.1, 0.15) is 0 Å². The number of ether oxygens (including phenoxy) is 5. The second-order valence-corrected chi connectivity index (χ2v) is 9.88. The van der Waals surface area contributed by atoms with Crippen molar-refractivity contribution in [3.8, 4) is 34.3 Å². The maximum absolute atomic E-state index is 14.1. The smallest absolute Gasteiger partial charge is 0.414 e. The first kappa shape index (κ1) is 25.2. The van der Waals surface area contributed by atoms with Crippen LogP contribution in [0.25, 0.3) is 22.0 Å². The highest BCUT2D eigenvalue weighted by molar-refractivity contribution is 6.27. The molecule has 3 heterocycles. The van der Waals surface area contributed by atoms with Gasteiger partial charge in [0.15, 0.2) is 28.8 Å². The first-order valence-electron chi connectivity index (χ1n) is 12.8. The molecule has 39 heavy (non-hydrogen) atoms. The number of ketones is 1. The zero-order valence-corrected chi connectivity index (χ0v) is 22.1. The second-order valence-electron chi connectivity index (χ2n) is 9.88. The van der Waals surface area contributed by atoms with Crippen molar-refractivity contribution in [2.75, 3.05) is 60.8 Å². The van der Waals surface area contributed by atoms with Gasteiger partial charge in [-0.1, -0.05) is 0 Å². The molecule has 11 nitrogen and oxygen atoms in total. The number of aromatic nitrogens is 1. The van der Waals surface area contributed by atoms with E-state index in [2.05, 4.69) is 4.90 Å². The Hall–Kier alpha value is -4.09. The largest absolute Gasteiger partial charge is 0.493 e. The lowest BCUT2D eigenvalue weighted by Gasteiger charge is -2.26. The molecule has 1 aromatic heterocycles. The Morgan fingerprint density at radius 3 is 2.33 bits per heavy atom. The lowest BCUT2D eigenvalue weighted by Crippen LogP contribution is -2.37. The molecule has 204 valence electrons. The third kappa shape index (κ3) is 4.27. The van der Waals surface area contributed by atoms with Gasteiger partial charge in [-0.25, -0.2) is 4.79 Å². The quantitative estimate of drug-likeness (QED) is 0.368. The number of carbonyl (C=O) groups excluding carboxylic acids is 2. The molecule has 11 heteroatoms. The Kier molecular flexibility index (Phi) is 6.40. The molecule has 1 saturated heterocycles. The standard InChI is InChI=1S/C28H29N3O8/c1-29(2)28(34)39-23-14-19-16(11-20(23)35-3)24-25(17-12-21-22(38-15-37-21)13-18(17)26(24)32)31(27(19)33)6-4-5-30-7-9-36-10-8-30/h11-14H,4-10,15H2,1-3H3. The van der Waals surface area contributed by atoms with Crippen LogP contribution in [0.4, 0.5) is 4.79 Å². The fraction of sp³-hybridized carbons (Fsp3) is 0.393. The van der Waals surface area contributed by atoms with Crippen LogP contribution in [-0.2, 0) is 11.3 Å². The summed E-state index contributed by atoms with van der Waals surface area (Å²) in [4.78, 5) is 43.8. The Morgan fingerprint density at radius 1 is 0.949 bits per heavy atom. The fourth-order valence-corrected chi connectivity index (χ4v) is 5.34. The van der Waals surface area contributed by atoms with Crippen LogP contribution >= 0.6 is 0 Å². The van der Waals surface area contributed by atoms with Crippen LogP contribution in [0.1, 0.15) is 22.3 Å². The summed E-state index contributed by atoms with van der Waals surface area (Å²) < 4.78 is 29.2. The molecule has 0 saturated carbocycles. The van der Waals surface area contributed by atoms with Crippen LogP contribution in [-0.4, -0.2) is 87.1 Å². The molecule has 0 unspecified atom stereocenters. The molecular formula is C28H29N3O8. The molecule has 3 aliphatic rings. The monoisotopic (exact) mass is 535 g/mol. The van der Waals surface area contributed by atoms with Gasteiger partial charge in [0.2, 0.25) is 6.79 Å². The summed E-state index contributed by atoms with van der Waals surface area (Å²) in [5.41, 5.74) is 1.75. The van der Waals surface area contributed by atoms with E-state index < -0.39 is 6.09 Å². The zero-order valence-electron chi connectivity index (χ0n) is 22.1. The minimum Gasteiger partial charge on any atom is -0.493 e. The number of hydrogen-bond donors (Lipinski definition) is 0. The summed E-state index contributed by atoms with van der Waals surface area (Å²) in [6.07, 6.45) is 0.0857. The second kappa shape index (κ2) is 9.90. The topological polar surface area (TPSA) is 109 Å². The zero-order chi connectivity index (χ0) is 27.3. The minimum atomic E-state index is -0.613. The highest BCUT2D eigenvalue weighted by Crippen LogP contribution is 2.47. The van der Waals surface area contributed by atoms with Crippen LogP contribution in [0.5, 0.6) is 23.0 Å².